The maximum atomic E-state index is 12.4. The van der Waals surface area contributed by atoms with Gasteiger partial charge < -0.3 is 0 Å². The van der Waals surface area contributed by atoms with Crippen molar-refractivity contribution in [1.29, 1.82) is 0 Å². The number of hydrogen-bond acceptors (Lipinski definition) is 3. The average molecular weight is 272 g/mol. The van der Waals surface area contributed by atoms with E-state index in [2.05, 4.69) is 5.10 Å². The van der Waals surface area contributed by atoms with E-state index in [4.69, 9.17) is 0 Å². The molecule has 4 nitrogen and oxygen atoms in total. The Balaban J connectivity index is 2.16. The molecule has 0 radical (unpaired) electrons. The molecule has 0 saturated heterocycles. The molecule has 0 saturated carbocycles. The first-order valence-electron chi connectivity index (χ1n) is 5.84. The van der Waals surface area contributed by atoms with Crippen molar-refractivity contribution in [1.82, 2.24) is 9.19 Å². The summed E-state index contributed by atoms with van der Waals surface area (Å²) in [6.45, 7) is 1.92. The lowest BCUT2D eigenvalue weighted by Crippen LogP contribution is -2.13. The minimum Gasteiger partial charge on any atom is -0.199 e. The number of aromatic nitrogens is 2. The van der Waals surface area contributed by atoms with E-state index in [0.717, 1.165) is 15.0 Å². The minimum absolute atomic E-state index is 0.242. The zero-order valence-corrected chi connectivity index (χ0v) is 11.1. The van der Waals surface area contributed by atoms with E-state index in [1.54, 1.807) is 30.3 Å². The van der Waals surface area contributed by atoms with Crippen LogP contribution in [-0.4, -0.2) is 17.6 Å². The second-order valence-electron chi connectivity index (χ2n) is 4.38. The van der Waals surface area contributed by atoms with Gasteiger partial charge in [0, 0.05) is 5.39 Å². The van der Waals surface area contributed by atoms with E-state index in [0.29, 0.717) is 5.52 Å². The zero-order valence-electron chi connectivity index (χ0n) is 10.3. The fraction of sp³-hybridized carbons (Fsp3) is 0.0714. The highest BCUT2D eigenvalue weighted by atomic mass is 32.2. The predicted octanol–water partition coefficient (Wildman–Crippen LogP) is 2.58. The Kier molecular flexibility index (Phi) is 2.64. The summed E-state index contributed by atoms with van der Waals surface area (Å²) < 4.78 is 25.9. The molecule has 19 heavy (non-hydrogen) atoms. The molecule has 96 valence electrons. The van der Waals surface area contributed by atoms with E-state index in [-0.39, 0.29) is 4.90 Å². The minimum atomic E-state index is -3.61. The highest BCUT2D eigenvalue weighted by Crippen LogP contribution is 2.17. The molecule has 3 rings (SSSR count). The van der Waals surface area contributed by atoms with Gasteiger partial charge >= 0.3 is 0 Å². The van der Waals surface area contributed by atoms with Gasteiger partial charge in [0.25, 0.3) is 10.0 Å². The van der Waals surface area contributed by atoms with Crippen LogP contribution in [0.25, 0.3) is 10.9 Å². The van der Waals surface area contributed by atoms with Gasteiger partial charge in [-0.1, -0.05) is 35.9 Å². The van der Waals surface area contributed by atoms with Gasteiger partial charge in [0.05, 0.1) is 16.6 Å². The maximum Gasteiger partial charge on any atom is 0.282 e. The Morgan fingerprint density at radius 2 is 1.68 bits per heavy atom. The molecule has 2 aromatic carbocycles. The second-order valence-corrected chi connectivity index (χ2v) is 6.17. The van der Waals surface area contributed by atoms with Gasteiger partial charge in [-0.15, -0.1) is 0 Å². The molecule has 0 atom stereocenters. The van der Waals surface area contributed by atoms with Crippen molar-refractivity contribution >= 4 is 20.9 Å². The molecule has 0 fully saturated rings. The van der Waals surface area contributed by atoms with Crippen molar-refractivity contribution in [3.63, 3.8) is 0 Å². The third-order valence-electron chi connectivity index (χ3n) is 2.96. The molecule has 0 spiro atoms. The monoisotopic (exact) mass is 272 g/mol. The van der Waals surface area contributed by atoms with Gasteiger partial charge in [0.15, 0.2) is 0 Å². The van der Waals surface area contributed by atoms with Crippen LogP contribution in [0.5, 0.6) is 0 Å². The third-order valence-corrected chi connectivity index (χ3v) is 4.51. The van der Waals surface area contributed by atoms with Crippen LogP contribution in [-0.2, 0) is 10.0 Å². The summed E-state index contributed by atoms with van der Waals surface area (Å²) in [6.07, 6.45) is 1.53. The molecule has 0 amide bonds. The lowest BCUT2D eigenvalue weighted by Gasteiger charge is -2.03. The van der Waals surface area contributed by atoms with Crippen molar-refractivity contribution in [2.24, 2.45) is 0 Å². The fourth-order valence-corrected chi connectivity index (χ4v) is 3.03. The lowest BCUT2D eigenvalue weighted by atomic mass is 10.2. The Hall–Kier alpha value is -2.14. The molecule has 1 heterocycles. The van der Waals surface area contributed by atoms with Gasteiger partial charge in [0.2, 0.25) is 0 Å². The molecule has 0 aliphatic rings. The first-order chi connectivity index (χ1) is 9.07. The van der Waals surface area contributed by atoms with Gasteiger partial charge in [0.1, 0.15) is 0 Å². The summed E-state index contributed by atoms with van der Waals surface area (Å²) in [6, 6.07) is 14.0. The predicted molar refractivity (Wildman–Crippen MR) is 73.5 cm³/mol. The number of fused-ring (bicyclic) bond motifs is 1. The highest BCUT2D eigenvalue weighted by Gasteiger charge is 2.18. The van der Waals surface area contributed by atoms with Crippen molar-refractivity contribution in [2.45, 2.75) is 11.8 Å². The van der Waals surface area contributed by atoms with Gasteiger partial charge in [-0.3, -0.25) is 0 Å². The van der Waals surface area contributed by atoms with Crippen molar-refractivity contribution < 1.29 is 8.42 Å². The van der Waals surface area contributed by atoms with Crippen LogP contribution in [0, 0.1) is 6.92 Å². The van der Waals surface area contributed by atoms with Crippen LogP contribution in [0.3, 0.4) is 0 Å². The largest absolute Gasteiger partial charge is 0.282 e. The second kappa shape index (κ2) is 4.20. The van der Waals surface area contributed by atoms with Gasteiger partial charge in [-0.05, 0) is 25.1 Å². The molecular formula is C14H12N2O2S. The zero-order chi connectivity index (χ0) is 13.5. The van der Waals surface area contributed by atoms with Crippen LogP contribution in [0.1, 0.15) is 5.56 Å². The summed E-state index contributed by atoms with van der Waals surface area (Å²) in [5.74, 6) is 0. The average Bonchev–Trinajstić information content (AvgIpc) is 2.83. The number of benzene rings is 2. The molecule has 0 bridgehead atoms. The van der Waals surface area contributed by atoms with Crippen LogP contribution >= 0.6 is 0 Å². The Morgan fingerprint density at radius 3 is 2.37 bits per heavy atom. The lowest BCUT2D eigenvalue weighted by molar-refractivity contribution is 0.580. The summed E-state index contributed by atoms with van der Waals surface area (Å²) in [4.78, 5) is 0.242. The molecule has 5 heteroatoms. The van der Waals surface area contributed by atoms with Crippen molar-refractivity contribution in [3.05, 3.63) is 60.3 Å². The summed E-state index contributed by atoms with van der Waals surface area (Å²) in [5.41, 5.74) is 1.68. The number of aryl methyl sites for hydroxylation is 1. The van der Waals surface area contributed by atoms with Gasteiger partial charge in [-0.25, -0.2) is 0 Å². The molecule has 0 aliphatic heterocycles. The Morgan fingerprint density at radius 1 is 1.00 bits per heavy atom. The quantitative estimate of drug-likeness (QED) is 0.720. The highest BCUT2D eigenvalue weighted by molar-refractivity contribution is 7.89. The number of rotatable bonds is 2. The summed E-state index contributed by atoms with van der Waals surface area (Å²) in [5, 5.41) is 4.92. The maximum absolute atomic E-state index is 12.4. The first kappa shape index (κ1) is 11.9. The van der Waals surface area contributed by atoms with Crippen LogP contribution < -0.4 is 0 Å². The van der Waals surface area contributed by atoms with Crippen LogP contribution in [0.4, 0.5) is 0 Å². The SMILES string of the molecule is Cc1ccc(S(=O)(=O)n2cc3ccccc3n2)cc1. The Labute approximate surface area is 111 Å². The van der Waals surface area contributed by atoms with E-state index >= 15 is 0 Å². The normalized spacial score (nSPS) is 11.8. The van der Waals surface area contributed by atoms with Crippen LogP contribution in [0.2, 0.25) is 0 Å². The topological polar surface area (TPSA) is 52.0 Å². The number of nitrogens with zero attached hydrogens (tertiary/aromatic N) is 2. The first-order valence-corrected chi connectivity index (χ1v) is 7.28. The standard InChI is InChI=1S/C14H12N2O2S/c1-11-6-8-13(9-7-11)19(17,18)16-10-12-4-2-3-5-14(12)15-16/h2-10H,1H3. The van der Waals surface area contributed by atoms with E-state index in [1.807, 2.05) is 25.1 Å². The van der Waals surface area contributed by atoms with Crippen LogP contribution in [0.15, 0.2) is 59.6 Å². The van der Waals surface area contributed by atoms with E-state index in [1.165, 1.54) is 6.20 Å². The fourth-order valence-electron chi connectivity index (χ4n) is 1.88. The van der Waals surface area contributed by atoms with Crippen molar-refractivity contribution in [2.75, 3.05) is 0 Å². The molecule has 3 aromatic rings. The molecule has 0 aliphatic carbocycles. The smallest absolute Gasteiger partial charge is 0.199 e. The molecule has 0 N–H and O–H groups in total. The van der Waals surface area contributed by atoms with Crippen molar-refractivity contribution in [3.8, 4) is 0 Å². The molecule has 1 aromatic heterocycles. The number of hydrogen-bond donors (Lipinski definition) is 0. The third kappa shape index (κ3) is 2.02. The Bertz CT molecular complexity index is 800. The van der Waals surface area contributed by atoms with E-state index in [9.17, 15) is 8.42 Å². The van der Waals surface area contributed by atoms with Gasteiger partial charge in [-0.2, -0.15) is 17.6 Å². The molecular weight excluding hydrogens is 260 g/mol. The molecule has 0 unspecified atom stereocenters. The van der Waals surface area contributed by atoms with E-state index < -0.39 is 10.0 Å². The summed E-state index contributed by atoms with van der Waals surface area (Å²) >= 11 is 0. The summed E-state index contributed by atoms with van der Waals surface area (Å²) in [7, 11) is -3.61.